The lowest BCUT2D eigenvalue weighted by molar-refractivity contribution is 0.382. The van der Waals surface area contributed by atoms with Crippen LogP contribution in [0.15, 0.2) is 97.1 Å². The minimum Gasteiger partial charge on any atom is -0.408 e. The molecule has 56 heavy (non-hydrogen) atoms. The molecule has 0 heterocycles. The van der Waals surface area contributed by atoms with E-state index in [4.69, 9.17) is 27.1 Å². The molecule has 8 heteroatoms. The molecule has 0 radical (unpaired) electrons. The first-order valence-electron chi connectivity index (χ1n) is 18.9. The van der Waals surface area contributed by atoms with Gasteiger partial charge in [0.05, 0.1) is 0 Å². The maximum Gasteiger partial charge on any atom is 0.530 e. The second-order valence-corrected chi connectivity index (χ2v) is 16.5. The van der Waals surface area contributed by atoms with Crippen molar-refractivity contribution in [1.29, 1.82) is 0 Å². The molecule has 6 rings (SSSR count). The van der Waals surface area contributed by atoms with Gasteiger partial charge in [0.15, 0.2) is 0 Å². The molecule has 0 aliphatic carbocycles. The van der Waals surface area contributed by atoms with Crippen molar-refractivity contribution in [3.8, 4) is 45.6 Å². The van der Waals surface area contributed by atoms with Crippen molar-refractivity contribution >= 4 is 17.2 Å². The number of para-hydroxylation sites is 4. The Morgan fingerprint density at radius 2 is 0.500 bits per heavy atom. The average Bonchev–Trinajstić information content (AvgIpc) is 3.18. The lowest BCUT2D eigenvalue weighted by atomic mass is 9.84. The lowest BCUT2D eigenvalue weighted by Crippen LogP contribution is -2.10. The van der Waals surface area contributed by atoms with Crippen LogP contribution in [0.3, 0.4) is 0 Å². The van der Waals surface area contributed by atoms with Crippen LogP contribution in [-0.2, 0) is 0 Å². The highest BCUT2D eigenvalue weighted by Gasteiger charge is 2.32. The van der Waals surface area contributed by atoms with Gasteiger partial charge in [0.25, 0.3) is 0 Å². The first-order valence-corrected chi connectivity index (χ1v) is 21.1. The normalized spacial score (nSPS) is 11.2. The Hall–Kier alpha value is -5.02. The number of rotatable bonds is 13. The van der Waals surface area contributed by atoms with Crippen LogP contribution < -0.4 is 27.1 Å². The maximum absolute atomic E-state index is 7.12. The molecule has 0 spiro atoms. The van der Waals surface area contributed by atoms with Crippen LogP contribution >= 0.6 is 17.2 Å². The molecular weight excluding hydrogens is 734 g/mol. The summed E-state index contributed by atoms with van der Waals surface area (Å²) < 4.78 is 40.9. The van der Waals surface area contributed by atoms with Gasteiger partial charge in [-0.15, -0.1) is 0 Å². The number of benzene rings is 6. The fourth-order valence-electron chi connectivity index (χ4n) is 6.60. The van der Waals surface area contributed by atoms with Crippen molar-refractivity contribution in [2.24, 2.45) is 0 Å². The maximum atomic E-state index is 7.12. The smallest absolute Gasteiger partial charge is 0.408 e. The molecule has 0 aliphatic heterocycles. The van der Waals surface area contributed by atoms with E-state index in [1.54, 1.807) is 0 Å². The van der Waals surface area contributed by atoms with Crippen LogP contribution in [0.4, 0.5) is 0 Å². The molecule has 0 N–H and O–H groups in total. The zero-order chi connectivity index (χ0) is 40.3. The Bertz CT molecular complexity index is 2120. The lowest BCUT2D eigenvalue weighted by Gasteiger charge is -2.29. The third-order valence-corrected chi connectivity index (χ3v) is 13.0. The van der Waals surface area contributed by atoms with Crippen molar-refractivity contribution in [1.82, 2.24) is 0 Å². The fraction of sp³-hybridized carbons (Fsp3) is 0.250. The number of hydrogen-bond acceptors (Lipinski definition) is 6. The number of aryl methyl sites for hydroxylation is 4. The summed E-state index contributed by atoms with van der Waals surface area (Å²) in [5.41, 5.74) is 14.5. The topological polar surface area (TPSA) is 55.4 Å². The Morgan fingerprint density at radius 1 is 0.268 bits per heavy atom. The van der Waals surface area contributed by atoms with Gasteiger partial charge in [-0.25, -0.2) is 0 Å². The highest BCUT2D eigenvalue weighted by molar-refractivity contribution is 7.43. The standard InChI is InChI=1S/C48H52O6P2/c1-29-21-13-17-25-41(29)49-55(50-42-26-18-14-22-30(42)2)53-47-39(11)35(7)33(5)37(9)45(47)46-38(10)34(6)36(8)40(12)48(46)54-56(51-43-27-19-15-23-31(43)3)52-44-28-20-16-24-32(44)4/h13-28H,1-12H3. The van der Waals surface area contributed by atoms with Gasteiger partial charge in [-0.2, -0.15) is 0 Å². The van der Waals surface area contributed by atoms with Gasteiger partial charge < -0.3 is 27.1 Å². The second kappa shape index (κ2) is 17.4. The monoisotopic (exact) mass is 786 g/mol. The van der Waals surface area contributed by atoms with E-state index < -0.39 is 17.2 Å². The second-order valence-electron chi connectivity index (χ2n) is 14.5. The molecule has 0 fully saturated rings. The summed E-state index contributed by atoms with van der Waals surface area (Å²) in [4.78, 5) is 0. The van der Waals surface area contributed by atoms with Gasteiger partial charge >= 0.3 is 17.2 Å². The molecule has 6 nitrogen and oxygen atoms in total. The van der Waals surface area contributed by atoms with E-state index >= 15 is 0 Å². The summed E-state index contributed by atoms with van der Waals surface area (Å²) in [6, 6.07) is 31.7. The molecule has 290 valence electrons. The minimum atomic E-state index is -2.00. The predicted octanol–water partition coefficient (Wildman–Crippen LogP) is 14.6. The third kappa shape index (κ3) is 8.53. The molecule has 0 aliphatic rings. The van der Waals surface area contributed by atoms with Gasteiger partial charge in [-0.3, -0.25) is 0 Å². The van der Waals surface area contributed by atoms with E-state index in [1.807, 2.05) is 125 Å². The fourth-order valence-corrected chi connectivity index (χ4v) is 9.04. The van der Waals surface area contributed by atoms with Gasteiger partial charge in [-0.1, -0.05) is 72.8 Å². The SMILES string of the molecule is Cc1ccccc1OP(Oc1ccccc1C)Oc1c(C)c(C)c(C)c(C)c1-c1c(C)c(C)c(C)c(C)c1OP(Oc1ccccc1C)Oc1ccccc1C. The number of hydrogen-bond donors (Lipinski definition) is 0. The summed E-state index contributed by atoms with van der Waals surface area (Å²) >= 11 is 0. The summed E-state index contributed by atoms with van der Waals surface area (Å²) in [5, 5.41) is 0. The molecule has 0 amide bonds. The summed E-state index contributed by atoms with van der Waals surface area (Å²) in [6.07, 6.45) is 0. The van der Waals surface area contributed by atoms with Gasteiger partial charge in [0, 0.05) is 11.1 Å². The van der Waals surface area contributed by atoms with Crippen LogP contribution in [0.1, 0.15) is 66.8 Å². The van der Waals surface area contributed by atoms with E-state index in [9.17, 15) is 0 Å². The van der Waals surface area contributed by atoms with Crippen molar-refractivity contribution < 1.29 is 27.1 Å². The van der Waals surface area contributed by atoms with Crippen LogP contribution in [0.2, 0.25) is 0 Å². The summed E-state index contributed by atoms with van der Waals surface area (Å²) in [7, 11) is -3.99. The zero-order valence-electron chi connectivity index (χ0n) is 34.6. The highest BCUT2D eigenvalue weighted by Crippen LogP contribution is 2.55. The van der Waals surface area contributed by atoms with Crippen LogP contribution in [0.5, 0.6) is 34.5 Å². The highest BCUT2D eigenvalue weighted by atomic mass is 31.2. The Balaban J connectivity index is 1.56. The van der Waals surface area contributed by atoms with Crippen molar-refractivity contribution in [3.63, 3.8) is 0 Å². The Labute approximate surface area is 335 Å². The van der Waals surface area contributed by atoms with Crippen molar-refractivity contribution in [2.75, 3.05) is 0 Å². The van der Waals surface area contributed by atoms with Crippen molar-refractivity contribution in [2.45, 2.75) is 83.1 Å². The molecule has 0 saturated carbocycles. The zero-order valence-corrected chi connectivity index (χ0v) is 36.4. The molecule has 0 saturated heterocycles. The molecule has 0 bridgehead atoms. The molecule has 0 atom stereocenters. The largest absolute Gasteiger partial charge is 0.530 e. The van der Waals surface area contributed by atoms with E-state index in [2.05, 4.69) is 55.4 Å². The first-order chi connectivity index (χ1) is 26.8. The van der Waals surface area contributed by atoms with E-state index in [0.29, 0.717) is 34.5 Å². The minimum absolute atomic E-state index is 0.679. The van der Waals surface area contributed by atoms with Crippen molar-refractivity contribution in [3.05, 3.63) is 164 Å². The van der Waals surface area contributed by atoms with Crippen LogP contribution in [0.25, 0.3) is 11.1 Å². The predicted molar refractivity (Wildman–Crippen MR) is 232 cm³/mol. The first kappa shape index (κ1) is 40.6. The van der Waals surface area contributed by atoms with E-state index in [-0.39, 0.29) is 0 Å². The summed E-state index contributed by atoms with van der Waals surface area (Å²) in [6.45, 7) is 25.2. The summed E-state index contributed by atoms with van der Waals surface area (Å²) in [5.74, 6) is 4.14. The van der Waals surface area contributed by atoms with E-state index in [0.717, 1.165) is 66.8 Å². The van der Waals surface area contributed by atoms with E-state index in [1.165, 1.54) is 11.1 Å². The molecule has 0 unspecified atom stereocenters. The quantitative estimate of drug-likeness (QED) is 0.109. The molecule has 6 aromatic carbocycles. The third-order valence-electron chi connectivity index (χ3n) is 10.9. The average molecular weight is 787 g/mol. The molecular formula is C48H52O6P2. The Kier molecular flexibility index (Phi) is 12.6. The van der Waals surface area contributed by atoms with Gasteiger partial charge in [-0.05, 0) is 174 Å². The van der Waals surface area contributed by atoms with Crippen LogP contribution in [-0.4, -0.2) is 0 Å². The van der Waals surface area contributed by atoms with Gasteiger partial charge in [0.1, 0.15) is 34.5 Å². The van der Waals surface area contributed by atoms with Gasteiger partial charge in [0.2, 0.25) is 0 Å². The van der Waals surface area contributed by atoms with Crippen LogP contribution in [0, 0.1) is 83.1 Å². The molecule has 0 aromatic heterocycles. The molecule has 6 aromatic rings. The Morgan fingerprint density at radius 3 is 0.750 bits per heavy atom.